The van der Waals surface area contributed by atoms with Gasteiger partial charge in [-0.3, -0.25) is 0 Å². The Labute approximate surface area is 120 Å². The summed E-state index contributed by atoms with van der Waals surface area (Å²) in [5.74, 6) is 1.06. The summed E-state index contributed by atoms with van der Waals surface area (Å²) in [6.07, 6.45) is 2.59. The third-order valence-corrected chi connectivity index (χ3v) is 3.56. The number of nitriles is 1. The van der Waals surface area contributed by atoms with Gasteiger partial charge in [0, 0.05) is 12.6 Å². The fourth-order valence-electron chi connectivity index (χ4n) is 2.44. The second-order valence-electron chi connectivity index (χ2n) is 5.02. The summed E-state index contributed by atoms with van der Waals surface area (Å²) in [4.78, 5) is 4.72. The number of aromatic nitrogens is 2. The number of aryl methyl sites for hydroxylation is 1. The summed E-state index contributed by atoms with van der Waals surface area (Å²) in [6.45, 7) is 5.97. The number of rotatable bonds is 7. The third-order valence-electron chi connectivity index (χ3n) is 3.56. The van der Waals surface area contributed by atoms with Crippen LogP contribution in [-0.4, -0.2) is 15.6 Å². The zero-order valence-electron chi connectivity index (χ0n) is 12.3. The van der Waals surface area contributed by atoms with E-state index in [0.717, 1.165) is 37.3 Å². The molecule has 0 fully saturated rings. The smallest absolute Gasteiger partial charge is 0.123 e. The van der Waals surface area contributed by atoms with Crippen LogP contribution in [0.4, 0.5) is 0 Å². The van der Waals surface area contributed by atoms with Gasteiger partial charge in [0.05, 0.1) is 30.1 Å². The van der Waals surface area contributed by atoms with Crippen LogP contribution in [0.3, 0.4) is 0 Å². The van der Waals surface area contributed by atoms with Crippen LogP contribution >= 0.6 is 0 Å². The number of hydrogen-bond donors (Lipinski definition) is 1. The molecule has 1 heterocycles. The fraction of sp³-hybridized carbons (Fsp3) is 0.500. The zero-order valence-corrected chi connectivity index (χ0v) is 12.3. The molecule has 0 bridgehead atoms. The quantitative estimate of drug-likeness (QED) is 0.840. The Morgan fingerprint density at radius 2 is 2.15 bits per heavy atom. The van der Waals surface area contributed by atoms with Crippen molar-refractivity contribution in [2.24, 2.45) is 0 Å². The summed E-state index contributed by atoms with van der Waals surface area (Å²) in [6, 6.07) is 10.7. The number of benzene rings is 1. The maximum atomic E-state index is 8.81. The molecule has 2 aromatic rings. The summed E-state index contributed by atoms with van der Waals surface area (Å²) >= 11 is 0. The van der Waals surface area contributed by atoms with Gasteiger partial charge >= 0.3 is 0 Å². The van der Waals surface area contributed by atoms with Crippen molar-refractivity contribution in [3.63, 3.8) is 0 Å². The molecule has 0 saturated heterocycles. The van der Waals surface area contributed by atoms with Gasteiger partial charge < -0.3 is 9.88 Å². The van der Waals surface area contributed by atoms with Gasteiger partial charge in [-0.25, -0.2) is 4.98 Å². The monoisotopic (exact) mass is 270 g/mol. The molecule has 0 aliphatic heterocycles. The van der Waals surface area contributed by atoms with Crippen LogP contribution in [-0.2, 0) is 13.1 Å². The van der Waals surface area contributed by atoms with E-state index in [-0.39, 0.29) is 6.04 Å². The third kappa shape index (κ3) is 3.17. The first-order valence-corrected chi connectivity index (χ1v) is 7.34. The van der Waals surface area contributed by atoms with Crippen LogP contribution in [0.15, 0.2) is 24.3 Å². The maximum Gasteiger partial charge on any atom is 0.123 e. The Morgan fingerprint density at radius 1 is 1.35 bits per heavy atom. The molecule has 1 N–H and O–H groups in total. The number of hydrogen-bond acceptors (Lipinski definition) is 3. The molecule has 0 saturated carbocycles. The van der Waals surface area contributed by atoms with E-state index in [1.807, 2.05) is 6.07 Å². The lowest BCUT2D eigenvalue weighted by molar-refractivity contribution is 0.485. The molecule has 20 heavy (non-hydrogen) atoms. The Morgan fingerprint density at radius 3 is 2.85 bits per heavy atom. The zero-order chi connectivity index (χ0) is 14.4. The fourth-order valence-corrected chi connectivity index (χ4v) is 2.44. The van der Waals surface area contributed by atoms with Crippen LogP contribution in [0, 0.1) is 11.3 Å². The molecule has 1 aromatic heterocycles. The molecule has 2 rings (SSSR count). The number of nitrogens with one attached hydrogen (secondary N) is 1. The molecule has 0 radical (unpaired) electrons. The Hall–Kier alpha value is -1.86. The topological polar surface area (TPSA) is 53.6 Å². The Bertz CT molecular complexity index is 594. The van der Waals surface area contributed by atoms with E-state index in [4.69, 9.17) is 10.2 Å². The van der Waals surface area contributed by atoms with Gasteiger partial charge in [0.2, 0.25) is 0 Å². The first-order chi connectivity index (χ1) is 9.80. The van der Waals surface area contributed by atoms with Crippen molar-refractivity contribution >= 4 is 11.0 Å². The van der Waals surface area contributed by atoms with Gasteiger partial charge in [-0.15, -0.1) is 0 Å². The summed E-state index contributed by atoms with van der Waals surface area (Å²) in [5.41, 5.74) is 2.24. The Kier molecular flexibility index (Phi) is 5.14. The highest BCUT2D eigenvalue weighted by Crippen LogP contribution is 2.16. The maximum absolute atomic E-state index is 8.81. The second-order valence-corrected chi connectivity index (χ2v) is 5.02. The number of fused-ring (bicyclic) bond motifs is 1. The molecule has 0 aliphatic carbocycles. The van der Waals surface area contributed by atoms with E-state index in [0.29, 0.717) is 6.42 Å². The number of para-hydroxylation sites is 2. The lowest BCUT2D eigenvalue weighted by Gasteiger charge is -2.14. The molecule has 1 aromatic carbocycles. The van der Waals surface area contributed by atoms with E-state index in [2.05, 4.69) is 48.0 Å². The highest BCUT2D eigenvalue weighted by Gasteiger charge is 2.11. The highest BCUT2D eigenvalue weighted by molar-refractivity contribution is 5.75. The minimum Gasteiger partial charge on any atom is -0.327 e. The van der Waals surface area contributed by atoms with E-state index < -0.39 is 0 Å². The van der Waals surface area contributed by atoms with Gasteiger partial charge in [0.25, 0.3) is 0 Å². The van der Waals surface area contributed by atoms with Crippen LogP contribution in [0.5, 0.6) is 0 Å². The SMILES string of the molecule is CCCn1c(CNC(CC)CC#N)nc2ccccc21. The standard InChI is InChI=1S/C16H22N4/c1-3-11-20-15-8-6-5-7-14(15)19-16(20)12-18-13(4-2)9-10-17/h5-8,13,18H,3-4,9,11-12H2,1-2H3. The first-order valence-electron chi connectivity index (χ1n) is 7.34. The lowest BCUT2D eigenvalue weighted by Crippen LogP contribution is -2.28. The van der Waals surface area contributed by atoms with Crippen molar-refractivity contribution < 1.29 is 0 Å². The van der Waals surface area contributed by atoms with Crippen molar-refractivity contribution in [3.05, 3.63) is 30.1 Å². The molecule has 106 valence electrons. The van der Waals surface area contributed by atoms with Gasteiger partial charge in [0.15, 0.2) is 0 Å². The van der Waals surface area contributed by atoms with E-state index in [1.54, 1.807) is 0 Å². The predicted molar refractivity (Wildman–Crippen MR) is 81.2 cm³/mol. The minimum atomic E-state index is 0.245. The molecule has 0 aliphatic rings. The predicted octanol–water partition coefficient (Wildman–Crippen LogP) is 3.23. The summed E-state index contributed by atoms with van der Waals surface area (Å²) in [7, 11) is 0. The van der Waals surface area contributed by atoms with Crippen molar-refractivity contribution in [1.82, 2.24) is 14.9 Å². The minimum absolute atomic E-state index is 0.245. The number of imidazole rings is 1. The van der Waals surface area contributed by atoms with Crippen LogP contribution < -0.4 is 5.32 Å². The molecule has 4 heteroatoms. The van der Waals surface area contributed by atoms with Crippen molar-refractivity contribution in [1.29, 1.82) is 5.26 Å². The van der Waals surface area contributed by atoms with Gasteiger partial charge in [-0.05, 0) is 25.0 Å². The first kappa shape index (κ1) is 14.5. The van der Waals surface area contributed by atoms with Crippen LogP contribution in [0.2, 0.25) is 0 Å². The Balaban J connectivity index is 2.20. The average Bonchev–Trinajstić information content (AvgIpc) is 2.82. The van der Waals surface area contributed by atoms with Gasteiger partial charge in [-0.1, -0.05) is 26.0 Å². The van der Waals surface area contributed by atoms with Crippen LogP contribution in [0.1, 0.15) is 38.9 Å². The molecule has 1 unspecified atom stereocenters. The molecular weight excluding hydrogens is 248 g/mol. The summed E-state index contributed by atoms with van der Waals surface area (Å²) in [5, 5.41) is 12.2. The normalized spacial score (nSPS) is 12.4. The second kappa shape index (κ2) is 7.06. The highest BCUT2D eigenvalue weighted by atomic mass is 15.1. The van der Waals surface area contributed by atoms with E-state index >= 15 is 0 Å². The molecule has 1 atom stereocenters. The van der Waals surface area contributed by atoms with Crippen molar-refractivity contribution in [3.8, 4) is 6.07 Å². The molecule has 4 nitrogen and oxygen atoms in total. The van der Waals surface area contributed by atoms with Crippen molar-refractivity contribution in [2.75, 3.05) is 0 Å². The van der Waals surface area contributed by atoms with E-state index in [1.165, 1.54) is 5.52 Å². The average molecular weight is 270 g/mol. The van der Waals surface area contributed by atoms with Gasteiger partial charge in [0.1, 0.15) is 5.82 Å². The molecule has 0 spiro atoms. The molecular formula is C16H22N4. The van der Waals surface area contributed by atoms with E-state index in [9.17, 15) is 0 Å². The largest absolute Gasteiger partial charge is 0.327 e. The summed E-state index contributed by atoms with van der Waals surface area (Å²) < 4.78 is 2.28. The lowest BCUT2D eigenvalue weighted by atomic mass is 10.2. The van der Waals surface area contributed by atoms with Crippen molar-refractivity contribution in [2.45, 2.75) is 52.2 Å². The van der Waals surface area contributed by atoms with Gasteiger partial charge in [-0.2, -0.15) is 5.26 Å². The number of nitrogens with zero attached hydrogens (tertiary/aromatic N) is 3. The molecule has 0 amide bonds. The van der Waals surface area contributed by atoms with Crippen LogP contribution in [0.25, 0.3) is 11.0 Å².